The molecular weight excluding hydrogens is 213 g/mol. The summed E-state index contributed by atoms with van der Waals surface area (Å²) in [5.41, 5.74) is -0.545. The van der Waals surface area contributed by atoms with Crippen LogP contribution >= 0.6 is 0 Å². The molecule has 0 saturated carbocycles. The second-order valence-corrected chi connectivity index (χ2v) is 4.20. The number of hydrogen-bond acceptors (Lipinski definition) is 4. The Labute approximate surface area is 92.7 Å². The number of anilines is 1. The number of nitrogens with one attached hydrogen (secondary N) is 1. The van der Waals surface area contributed by atoms with Crippen molar-refractivity contribution in [2.45, 2.75) is 32.7 Å². The van der Waals surface area contributed by atoms with Crippen LogP contribution in [0.25, 0.3) is 0 Å². The third-order valence-electron chi connectivity index (χ3n) is 2.01. The van der Waals surface area contributed by atoms with Gasteiger partial charge < -0.3 is 10.4 Å². The molecule has 1 rings (SSSR count). The van der Waals surface area contributed by atoms with E-state index in [4.69, 9.17) is 5.11 Å². The number of hydrogen-bond donors (Lipinski definition) is 2. The Morgan fingerprint density at radius 1 is 1.56 bits per heavy atom. The van der Waals surface area contributed by atoms with Crippen molar-refractivity contribution < 1.29 is 14.3 Å². The van der Waals surface area contributed by atoms with Crippen molar-refractivity contribution in [3.63, 3.8) is 0 Å². The molecule has 88 valence electrons. The normalized spacial score (nSPS) is 11.2. The molecule has 0 bridgehead atoms. The average molecular weight is 227 g/mol. The summed E-state index contributed by atoms with van der Waals surface area (Å²) < 4.78 is 13.5. The lowest BCUT2D eigenvalue weighted by Gasteiger charge is -2.25. The Kier molecular flexibility index (Phi) is 3.41. The van der Waals surface area contributed by atoms with Crippen molar-refractivity contribution in [2.24, 2.45) is 0 Å². The summed E-state index contributed by atoms with van der Waals surface area (Å²) >= 11 is 0. The third-order valence-corrected chi connectivity index (χ3v) is 2.01. The molecule has 0 unspecified atom stereocenters. The van der Waals surface area contributed by atoms with Gasteiger partial charge in [-0.3, -0.25) is 4.79 Å². The highest BCUT2D eigenvalue weighted by Crippen LogP contribution is 2.19. The van der Waals surface area contributed by atoms with Gasteiger partial charge in [0.2, 0.25) is 0 Å². The molecule has 0 aliphatic rings. The summed E-state index contributed by atoms with van der Waals surface area (Å²) in [6.45, 7) is 4.85. The highest BCUT2D eigenvalue weighted by Gasteiger charge is 2.23. The fraction of sp³-hybridized carbons (Fsp3) is 0.500. The van der Waals surface area contributed by atoms with Crippen LogP contribution in [0.2, 0.25) is 0 Å². The molecule has 2 N–H and O–H groups in total. The van der Waals surface area contributed by atoms with Crippen LogP contribution in [0.3, 0.4) is 0 Å². The van der Waals surface area contributed by atoms with Crippen LogP contribution in [0.15, 0.2) is 6.33 Å². The summed E-state index contributed by atoms with van der Waals surface area (Å²) in [6.07, 6.45) is 1.10. The number of carboxylic acids is 1. The topological polar surface area (TPSA) is 75.1 Å². The number of rotatable bonds is 4. The summed E-state index contributed by atoms with van der Waals surface area (Å²) in [5.74, 6) is -1.48. The molecule has 0 atom stereocenters. The summed E-state index contributed by atoms with van der Waals surface area (Å²) in [6, 6.07) is 0. The second kappa shape index (κ2) is 4.42. The van der Waals surface area contributed by atoms with Crippen molar-refractivity contribution in [3.05, 3.63) is 17.8 Å². The first-order chi connectivity index (χ1) is 7.32. The maximum atomic E-state index is 13.5. The molecule has 5 nitrogen and oxygen atoms in total. The van der Waals surface area contributed by atoms with Crippen LogP contribution < -0.4 is 5.32 Å². The highest BCUT2D eigenvalue weighted by atomic mass is 19.1. The molecule has 0 aliphatic carbocycles. The minimum absolute atomic E-state index is 0.0266. The lowest BCUT2D eigenvalue weighted by Crippen LogP contribution is -2.34. The van der Waals surface area contributed by atoms with Crippen LogP contribution in [-0.2, 0) is 4.79 Å². The van der Waals surface area contributed by atoms with E-state index in [9.17, 15) is 9.18 Å². The van der Waals surface area contributed by atoms with Gasteiger partial charge in [0.25, 0.3) is 0 Å². The van der Waals surface area contributed by atoms with Gasteiger partial charge in [-0.1, -0.05) is 0 Å². The first-order valence-electron chi connectivity index (χ1n) is 4.79. The van der Waals surface area contributed by atoms with E-state index in [0.717, 1.165) is 0 Å². The van der Waals surface area contributed by atoms with Crippen molar-refractivity contribution in [3.8, 4) is 0 Å². The maximum absolute atomic E-state index is 13.5. The van der Waals surface area contributed by atoms with E-state index in [2.05, 4.69) is 15.3 Å². The number of aliphatic carboxylic acids is 1. The Morgan fingerprint density at radius 2 is 2.19 bits per heavy atom. The monoisotopic (exact) mass is 227 g/mol. The summed E-state index contributed by atoms with van der Waals surface area (Å²) in [5, 5.41) is 11.4. The van der Waals surface area contributed by atoms with Gasteiger partial charge >= 0.3 is 5.97 Å². The van der Waals surface area contributed by atoms with Gasteiger partial charge in [0.15, 0.2) is 11.6 Å². The number of carbonyl (C=O) groups is 1. The van der Waals surface area contributed by atoms with Crippen LogP contribution in [0.4, 0.5) is 10.2 Å². The number of aryl methyl sites for hydroxylation is 1. The molecule has 16 heavy (non-hydrogen) atoms. The van der Waals surface area contributed by atoms with E-state index in [1.807, 2.05) is 0 Å². The van der Waals surface area contributed by atoms with Crippen LogP contribution in [0.1, 0.15) is 26.0 Å². The maximum Gasteiger partial charge on any atom is 0.305 e. The standard InChI is InChI=1S/C10H14FN3O2/c1-6-8(11)9(13-5-12-6)14-10(2,3)4-7(15)16/h5H,4H2,1-3H3,(H,15,16)(H,12,13,14). The summed E-state index contributed by atoms with van der Waals surface area (Å²) in [7, 11) is 0. The molecule has 0 fully saturated rings. The SMILES string of the molecule is Cc1ncnc(NC(C)(C)CC(=O)O)c1F. The minimum atomic E-state index is -0.955. The first-order valence-corrected chi connectivity index (χ1v) is 4.79. The van der Waals surface area contributed by atoms with Gasteiger partial charge in [-0.2, -0.15) is 0 Å². The second-order valence-electron chi connectivity index (χ2n) is 4.20. The molecule has 0 saturated heterocycles. The molecular formula is C10H14FN3O2. The zero-order valence-electron chi connectivity index (χ0n) is 9.41. The highest BCUT2D eigenvalue weighted by molar-refractivity contribution is 5.69. The van der Waals surface area contributed by atoms with E-state index in [-0.39, 0.29) is 17.9 Å². The molecule has 0 amide bonds. The fourth-order valence-corrected chi connectivity index (χ4v) is 1.29. The predicted molar refractivity (Wildman–Crippen MR) is 56.7 cm³/mol. The van der Waals surface area contributed by atoms with Crippen molar-refractivity contribution in [1.29, 1.82) is 0 Å². The van der Waals surface area contributed by atoms with Crippen LogP contribution in [0, 0.1) is 12.7 Å². The molecule has 1 heterocycles. The van der Waals surface area contributed by atoms with E-state index in [0.29, 0.717) is 0 Å². The van der Waals surface area contributed by atoms with Crippen molar-refractivity contribution >= 4 is 11.8 Å². The number of nitrogens with zero attached hydrogens (tertiary/aromatic N) is 2. The Morgan fingerprint density at radius 3 is 2.75 bits per heavy atom. The average Bonchev–Trinajstić information content (AvgIpc) is 2.10. The lowest BCUT2D eigenvalue weighted by molar-refractivity contribution is -0.137. The largest absolute Gasteiger partial charge is 0.481 e. The Hall–Kier alpha value is -1.72. The van der Waals surface area contributed by atoms with Gasteiger partial charge in [0.1, 0.15) is 6.33 Å². The molecule has 0 spiro atoms. The van der Waals surface area contributed by atoms with Crippen LogP contribution in [-0.4, -0.2) is 26.6 Å². The molecule has 0 radical (unpaired) electrons. The molecule has 6 heteroatoms. The Balaban J connectivity index is 2.87. The fourth-order valence-electron chi connectivity index (χ4n) is 1.29. The van der Waals surface area contributed by atoms with E-state index < -0.39 is 17.3 Å². The first kappa shape index (κ1) is 12.4. The Bertz CT molecular complexity index is 407. The number of halogens is 1. The van der Waals surface area contributed by atoms with E-state index in [1.165, 1.54) is 13.3 Å². The molecule has 1 aromatic heterocycles. The van der Waals surface area contributed by atoms with E-state index >= 15 is 0 Å². The van der Waals surface area contributed by atoms with Gasteiger partial charge in [-0.15, -0.1) is 0 Å². The minimum Gasteiger partial charge on any atom is -0.481 e. The predicted octanol–water partition coefficient (Wildman–Crippen LogP) is 1.59. The summed E-state index contributed by atoms with van der Waals surface area (Å²) in [4.78, 5) is 18.0. The molecule has 0 aliphatic heterocycles. The van der Waals surface area contributed by atoms with Crippen LogP contribution in [0.5, 0.6) is 0 Å². The van der Waals surface area contributed by atoms with Gasteiger partial charge in [-0.05, 0) is 20.8 Å². The molecule has 1 aromatic rings. The number of aromatic nitrogens is 2. The zero-order chi connectivity index (χ0) is 12.3. The van der Waals surface area contributed by atoms with E-state index in [1.54, 1.807) is 13.8 Å². The quantitative estimate of drug-likeness (QED) is 0.817. The third kappa shape index (κ3) is 3.15. The van der Waals surface area contributed by atoms with Gasteiger partial charge in [0, 0.05) is 5.54 Å². The van der Waals surface area contributed by atoms with Crippen molar-refractivity contribution in [1.82, 2.24) is 9.97 Å². The lowest BCUT2D eigenvalue weighted by atomic mass is 10.0. The number of carboxylic acid groups (broad SMARTS) is 1. The van der Waals surface area contributed by atoms with Gasteiger partial charge in [-0.25, -0.2) is 14.4 Å². The zero-order valence-corrected chi connectivity index (χ0v) is 9.41. The van der Waals surface area contributed by atoms with Gasteiger partial charge in [0.05, 0.1) is 12.1 Å². The smallest absolute Gasteiger partial charge is 0.305 e. The van der Waals surface area contributed by atoms with Crippen molar-refractivity contribution in [2.75, 3.05) is 5.32 Å². The molecule has 0 aromatic carbocycles.